The van der Waals surface area contributed by atoms with Crippen molar-refractivity contribution in [3.05, 3.63) is 12.2 Å². The largest absolute Gasteiger partial charge is 0.394 e. The Hall–Kier alpha value is -1.15. The van der Waals surface area contributed by atoms with Gasteiger partial charge < -0.3 is 50.5 Å². The fraction of sp³-hybridized carbons (Fsp3) is 0.952. The van der Waals surface area contributed by atoms with Crippen molar-refractivity contribution in [3.63, 3.8) is 0 Å². The van der Waals surface area contributed by atoms with Gasteiger partial charge in [0, 0.05) is 0 Å². The number of hydrogen-bond donors (Lipinski definition) is 8. The van der Waals surface area contributed by atoms with Crippen LogP contribution in [0.4, 0.5) is 0 Å². The molecule has 1 aliphatic heterocycles. The van der Waals surface area contributed by atoms with Crippen LogP contribution >= 0.6 is 0 Å². The predicted octanol–water partition coefficient (Wildman–Crippen LogP) is 13.9. The van der Waals surface area contributed by atoms with Gasteiger partial charge in [-0.05, 0) is 38.5 Å². The number of carbonyl (C=O) groups is 1. The van der Waals surface area contributed by atoms with Crippen molar-refractivity contribution >= 4 is 5.91 Å². The van der Waals surface area contributed by atoms with Crippen molar-refractivity contribution in [2.24, 2.45) is 0 Å². The van der Waals surface area contributed by atoms with E-state index in [4.69, 9.17) is 9.47 Å². The highest BCUT2D eigenvalue weighted by atomic mass is 16.7. The van der Waals surface area contributed by atoms with Gasteiger partial charge in [-0.15, -0.1) is 0 Å². The van der Waals surface area contributed by atoms with Crippen LogP contribution in [0.2, 0.25) is 0 Å². The number of rotatable bonds is 55. The van der Waals surface area contributed by atoms with Gasteiger partial charge in [-0.2, -0.15) is 0 Å². The van der Waals surface area contributed by atoms with E-state index in [2.05, 4.69) is 31.3 Å². The summed E-state index contributed by atoms with van der Waals surface area (Å²) in [4.78, 5) is 13.2. The van der Waals surface area contributed by atoms with Gasteiger partial charge in [0.1, 0.15) is 36.6 Å². The molecular weight excluding hydrogens is 919 g/mol. The molecule has 1 saturated heterocycles. The molecular formula is C62H121NO10. The summed E-state index contributed by atoms with van der Waals surface area (Å²) >= 11 is 0. The minimum Gasteiger partial charge on any atom is -0.394 e. The Morgan fingerprint density at radius 3 is 1.15 bits per heavy atom. The second-order valence-corrected chi connectivity index (χ2v) is 22.5. The van der Waals surface area contributed by atoms with Gasteiger partial charge in [-0.25, -0.2) is 0 Å². The van der Waals surface area contributed by atoms with Gasteiger partial charge in [-0.1, -0.05) is 283 Å². The van der Waals surface area contributed by atoms with Crippen LogP contribution in [0.3, 0.4) is 0 Å². The molecule has 1 amide bonds. The van der Waals surface area contributed by atoms with Crippen molar-refractivity contribution in [1.82, 2.24) is 5.32 Å². The minimum absolute atomic E-state index is 0.249. The Balaban J connectivity index is 2.20. The molecule has 0 aromatic heterocycles. The molecule has 434 valence electrons. The molecule has 1 fully saturated rings. The SMILES string of the molecule is CCCCCCCCC/C=C\CCCCCCC(O)C(=O)NC(COC1OC(CO)C(O)C(O)C1O)C(O)C(O)CCCCCCCCCCCCCCCCCCCCCCCCCCCCCCCCC. The lowest BCUT2D eigenvalue weighted by atomic mass is 9.98. The molecule has 1 heterocycles. The number of unbranched alkanes of at least 4 members (excludes halogenated alkanes) is 41. The highest BCUT2D eigenvalue weighted by Gasteiger charge is 2.44. The Kier molecular flexibility index (Phi) is 49.4. The topological polar surface area (TPSA) is 189 Å². The van der Waals surface area contributed by atoms with Gasteiger partial charge in [0.05, 0.1) is 25.4 Å². The summed E-state index contributed by atoms with van der Waals surface area (Å²) in [5.41, 5.74) is 0. The summed E-state index contributed by atoms with van der Waals surface area (Å²) in [7, 11) is 0. The lowest BCUT2D eigenvalue weighted by Crippen LogP contribution is -2.60. The summed E-state index contributed by atoms with van der Waals surface area (Å²) in [5.74, 6) is -0.701. The number of carbonyl (C=O) groups excluding carboxylic acids is 1. The molecule has 73 heavy (non-hydrogen) atoms. The fourth-order valence-electron chi connectivity index (χ4n) is 10.4. The molecule has 0 aromatic rings. The Morgan fingerprint density at radius 1 is 0.466 bits per heavy atom. The van der Waals surface area contributed by atoms with Crippen molar-refractivity contribution in [2.45, 2.75) is 364 Å². The standard InChI is InChI=1S/C62H121NO10/c1-3-5-7-9-11-13-15-17-19-20-21-22-23-24-25-26-27-28-29-30-31-32-33-34-36-37-39-41-43-45-47-49-54(65)57(67)53(52-72-62-60(70)59(69)58(68)56(51-64)73-62)63-61(71)55(66)50-48-46-44-42-40-38-35-18-16-14-12-10-8-6-4-2/h35,38,53-60,62,64-70H,3-34,36-37,39-52H2,1-2H3,(H,63,71)/b38-35-. The van der Waals surface area contributed by atoms with Crippen LogP contribution in [0, 0.1) is 0 Å². The van der Waals surface area contributed by atoms with Crippen molar-refractivity contribution in [3.8, 4) is 0 Å². The molecule has 0 aromatic carbocycles. The van der Waals surface area contributed by atoms with E-state index in [-0.39, 0.29) is 6.42 Å². The fourth-order valence-corrected chi connectivity index (χ4v) is 10.4. The van der Waals surface area contributed by atoms with Gasteiger partial charge in [0.15, 0.2) is 6.29 Å². The summed E-state index contributed by atoms with van der Waals surface area (Å²) in [6, 6.07) is -1.17. The molecule has 0 aliphatic carbocycles. The maximum atomic E-state index is 13.2. The van der Waals surface area contributed by atoms with Crippen molar-refractivity contribution in [2.75, 3.05) is 13.2 Å². The van der Waals surface area contributed by atoms with E-state index in [0.717, 1.165) is 51.4 Å². The van der Waals surface area contributed by atoms with E-state index in [1.54, 1.807) is 0 Å². The van der Waals surface area contributed by atoms with E-state index in [1.807, 2.05) is 0 Å². The first-order valence-corrected chi connectivity index (χ1v) is 31.6. The third-order valence-corrected chi connectivity index (χ3v) is 15.6. The lowest BCUT2D eigenvalue weighted by molar-refractivity contribution is -0.303. The second-order valence-electron chi connectivity index (χ2n) is 22.5. The maximum absolute atomic E-state index is 13.2. The molecule has 9 unspecified atom stereocenters. The Labute approximate surface area is 449 Å². The minimum atomic E-state index is -1.66. The zero-order valence-electron chi connectivity index (χ0n) is 47.6. The molecule has 1 aliphatic rings. The summed E-state index contributed by atoms with van der Waals surface area (Å²) in [6.07, 6.45) is 50.0. The Bertz CT molecular complexity index is 1190. The van der Waals surface area contributed by atoms with E-state index in [1.165, 1.54) is 218 Å². The molecule has 11 heteroatoms. The zero-order chi connectivity index (χ0) is 53.3. The quantitative estimate of drug-likeness (QED) is 0.0215. The first-order chi connectivity index (χ1) is 35.7. The molecule has 0 saturated carbocycles. The highest BCUT2D eigenvalue weighted by molar-refractivity contribution is 5.80. The third-order valence-electron chi connectivity index (χ3n) is 15.6. The van der Waals surface area contributed by atoms with Crippen LogP contribution < -0.4 is 5.32 Å². The lowest BCUT2D eigenvalue weighted by Gasteiger charge is -2.40. The number of aliphatic hydroxyl groups excluding tert-OH is 7. The summed E-state index contributed by atoms with van der Waals surface area (Å²) in [5, 5.41) is 76.2. The molecule has 0 radical (unpaired) electrons. The van der Waals surface area contributed by atoms with Gasteiger partial charge in [-0.3, -0.25) is 4.79 Å². The number of nitrogens with one attached hydrogen (secondary N) is 1. The van der Waals surface area contributed by atoms with Crippen LogP contribution in [0.25, 0.3) is 0 Å². The molecule has 0 spiro atoms. The third kappa shape index (κ3) is 39.8. The first-order valence-electron chi connectivity index (χ1n) is 31.6. The van der Waals surface area contributed by atoms with E-state index >= 15 is 0 Å². The van der Waals surface area contributed by atoms with Crippen LogP contribution in [0.5, 0.6) is 0 Å². The number of ether oxygens (including phenoxy) is 2. The van der Waals surface area contributed by atoms with Crippen LogP contribution in [-0.2, 0) is 14.3 Å². The van der Waals surface area contributed by atoms with Gasteiger partial charge >= 0.3 is 0 Å². The van der Waals surface area contributed by atoms with Gasteiger partial charge in [0.25, 0.3) is 0 Å². The summed E-state index contributed by atoms with van der Waals surface area (Å²) < 4.78 is 11.2. The average Bonchev–Trinajstić information content (AvgIpc) is 3.39. The molecule has 11 nitrogen and oxygen atoms in total. The second kappa shape index (κ2) is 51.6. The first kappa shape index (κ1) is 69.9. The smallest absolute Gasteiger partial charge is 0.249 e. The number of hydrogen-bond acceptors (Lipinski definition) is 10. The number of allylic oxidation sites excluding steroid dienone is 2. The molecule has 8 N–H and O–H groups in total. The number of aliphatic hydroxyl groups is 7. The van der Waals surface area contributed by atoms with E-state index in [0.29, 0.717) is 19.3 Å². The normalized spacial score (nSPS) is 19.9. The molecule has 9 atom stereocenters. The van der Waals surface area contributed by atoms with E-state index < -0.39 is 74.2 Å². The van der Waals surface area contributed by atoms with Crippen LogP contribution in [0.15, 0.2) is 12.2 Å². The Morgan fingerprint density at radius 2 is 0.795 bits per heavy atom. The van der Waals surface area contributed by atoms with Crippen molar-refractivity contribution < 1.29 is 50.0 Å². The molecule has 1 rings (SSSR count). The van der Waals surface area contributed by atoms with Crippen molar-refractivity contribution in [1.29, 1.82) is 0 Å². The van der Waals surface area contributed by atoms with Gasteiger partial charge in [0.2, 0.25) is 5.91 Å². The van der Waals surface area contributed by atoms with Crippen LogP contribution in [0.1, 0.15) is 309 Å². The summed E-state index contributed by atoms with van der Waals surface area (Å²) in [6.45, 7) is 3.48. The highest BCUT2D eigenvalue weighted by Crippen LogP contribution is 2.24. The average molecular weight is 1040 g/mol. The number of amides is 1. The zero-order valence-corrected chi connectivity index (χ0v) is 47.6. The van der Waals surface area contributed by atoms with Crippen LogP contribution in [-0.4, -0.2) is 110 Å². The maximum Gasteiger partial charge on any atom is 0.249 e. The molecule has 0 bridgehead atoms. The monoisotopic (exact) mass is 1040 g/mol. The van der Waals surface area contributed by atoms with E-state index in [9.17, 15) is 40.5 Å². The predicted molar refractivity (Wildman–Crippen MR) is 303 cm³/mol.